The highest BCUT2D eigenvalue weighted by Crippen LogP contribution is 2.29. The summed E-state index contributed by atoms with van der Waals surface area (Å²) >= 11 is 0.844. The molecule has 1 atom stereocenters. The van der Waals surface area contributed by atoms with Gasteiger partial charge in [0.05, 0.1) is 12.6 Å². The van der Waals surface area contributed by atoms with E-state index in [1.54, 1.807) is 14.0 Å². The Morgan fingerprint density at radius 2 is 2.25 bits per heavy atom. The molecule has 1 unspecified atom stereocenters. The summed E-state index contributed by atoms with van der Waals surface area (Å²) in [4.78, 5) is 16.4. The molecule has 2 N–H and O–H groups in total. The van der Waals surface area contributed by atoms with Crippen LogP contribution in [0.2, 0.25) is 0 Å². The monoisotopic (exact) mass is 311 g/mol. The van der Waals surface area contributed by atoms with Gasteiger partial charge in [-0.25, -0.2) is 9.78 Å². The number of halogens is 3. The Labute approximate surface area is 118 Å². The zero-order valence-electron chi connectivity index (χ0n) is 11.1. The Balaban J connectivity index is 2.43. The van der Waals surface area contributed by atoms with Crippen LogP contribution in [0.15, 0.2) is 5.38 Å². The van der Waals surface area contributed by atoms with Gasteiger partial charge in [0, 0.05) is 19.0 Å². The Bertz CT molecular complexity index is 448. The van der Waals surface area contributed by atoms with Gasteiger partial charge in [-0.2, -0.15) is 13.2 Å². The molecule has 1 aromatic heterocycles. The molecule has 0 aromatic carbocycles. The Hall–Kier alpha value is -1.35. The fourth-order valence-electron chi connectivity index (χ4n) is 1.29. The van der Waals surface area contributed by atoms with E-state index in [9.17, 15) is 18.0 Å². The molecule has 20 heavy (non-hydrogen) atoms. The minimum atomic E-state index is -4.47. The number of nitrogens with zero attached hydrogens (tertiary/aromatic N) is 2. The van der Waals surface area contributed by atoms with Gasteiger partial charge in [-0.1, -0.05) is 0 Å². The fourth-order valence-corrected chi connectivity index (χ4v) is 2.03. The topological polar surface area (TPSA) is 65.5 Å². The van der Waals surface area contributed by atoms with Gasteiger partial charge < -0.3 is 15.3 Å². The maximum Gasteiger partial charge on any atom is 0.434 e. The van der Waals surface area contributed by atoms with Crippen LogP contribution in [0.1, 0.15) is 24.0 Å². The molecule has 0 radical (unpaired) electrons. The van der Waals surface area contributed by atoms with Crippen molar-refractivity contribution in [2.75, 3.05) is 13.6 Å². The van der Waals surface area contributed by atoms with E-state index in [1.165, 1.54) is 4.90 Å². The summed E-state index contributed by atoms with van der Waals surface area (Å²) < 4.78 is 37.0. The number of aromatic nitrogens is 1. The van der Waals surface area contributed by atoms with Gasteiger partial charge >= 0.3 is 12.2 Å². The predicted molar refractivity (Wildman–Crippen MR) is 68.3 cm³/mol. The van der Waals surface area contributed by atoms with Crippen LogP contribution in [-0.4, -0.2) is 40.7 Å². The van der Waals surface area contributed by atoms with E-state index in [0.717, 1.165) is 16.7 Å². The standard InChI is InChI=1S/C11H16F3N3O2S/c1-7(18)3-4-17(2)10(19)15-5-9-16-8(6-20-9)11(12,13)14/h6-7,18H,3-5H2,1-2H3,(H,15,19). The number of urea groups is 1. The molecule has 1 aromatic rings. The minimum Gasteiger partial charge on any atom is -0.393 e. The van der Waals surface area contributed by atoms with Crippen molar-refractivity contribution in [3.05, 3.63) is 16.1 Å². The average molecular weight is 311 g/mol. The third-order valence-electron chi connectivity index (χ3n) is 2.46. The smallest absolute Gasteiger partial charge is 0.393 e. The third kappa shape index (κ3) is 5.33. The van der Waals surface area contributed by atoms with Crippen molar-refractivity contribution in [1.29, 1.82) is 0 Å². The second kappa shape index (κ2) is 6.89. The van der Waals surface area contributed by atoms with Crippen molar-refractivity contribution >= 4 is 17.4 Å². The molecule has 5 nitrogen and oxygen atoms in total. The Kier molecular flexibility index (Phi) is 5.75. The first-order chi connectivity index (χ1) is 9.20. The lowest BCUT2D eigenvalue weighted by atomic mass is 10.3. The van der Waals surface area contributed by atoms with Crippen LogP contribution in [-0.2, 0) is 12.7 Å². The molecule has 0 spiro atoms. The molecule has 0 aliphatic carbocycles. The zero-order chi connectivity index (χ0) is 15.3. The van der Waals surface area contributed by atoms with E-state index in [2.05, 4.69) is 10.3 Å². The van der Waals surface area contributed by atoms with E-state index < -0.39 is 24.0 Å². The molecule has 0 aliphatic heterocycles. The first-order valence-electron chi connectivity index (χ1n) is 5.88. The quantitative estimate of drug-likeness (QED) is 0.875. The summed E-state index contributed by atoms with van der Waals surface area (Å²) in [5, 5.41) is 12.7. The van der Waals surface area contributed by atoms with Gasteiger partial charge in [-0.15, -0.1) is 11.3 Å². The summed E-state index contributed by atoms with van der Waals surface area (Å²) in [6.07, 6.45) is -4.55. The first-order valence-corrected chi connectivity index (χ1v) is 6.76. The molecule has 0 fully saturated rings. The molecule has 2 amide bonds. The highest BCUT2D eigenvalue weighted by Gasteiger charge is 2.33. The van der Waals surface area contributed by atoms with Crippen LogP contribution < -0.4 is 5.32 Å². The number of carbonyl (C=O) groups is 1. The van der Waals surface area contributed by atoms with Crippen molar-refractivity contribution < 1.29 is 23.1 Å². The zero-order valence-corrected chi connectivity index (χ0v) is 11.9. The van der Waals surface area contributed by atoms with E-state index in [0.29, 0.717) is 13.0 Å². The van der Waals surface area contributed by atoms with Crippen molar-refractivity contribution in [2.24, 2.45) is 0 Å². The summed E-state index contributed by atoms with van der Waals surface area (Å²) in [5.74, 6) is 0. The van der Waals surface area contributed by atoms with E-state index in [1.807, 2.05) is 0 Å². The fraction of sp³-hybridized carbons (Fsp3) is 0.636. The predicted octanol–water partition coefficient (Wildman–Crippen LogP) is 2.07. The van der Waals surface area contributed by atoms with Crippen LogP contribution in [0.25, 0.3) is 0 Å². The summed E-state index contributed by atoms with van der Waals surface area (Å²) in [6.45, 7) is 1.91. The maximum absolute atomic E-state index is 12.3. The minimum absolute atomic E-state index is 0.0569. The van der Waals surface area contributed by atoms with Gasteiger partial charge in [0.1, 0.15) is 5.01 Å². The maximum atomic E-state index is 12.3. The van der Waals surface area contributed by atoms with Crippen molar-refractivity contribution in [3.8, 4) is 0 Å². The second-order valence-corrected chi connectivity index (χ2v) is 5.28. The largest absolute Gasteiger partial charge is 0.434 e. The van der Waals surface area contributed by atoms with Crippen LogP contribution >= 0.6 is 11.3 Å². The van der Waals surface area contributed by atoms with Crippen LogP contribution in [0.5, 0.6) is 0 Å². The molecule has 114 valence electrons. The third-order valence-corrected chi connectivity index (χ3v) is 3.31. The normalized spacial score (nSPS) is 13.1. The van der Waals surface area contributed by atoms with Gasteiger partial charge in [0.15, 0.2) is 5.69 Å². The lowest BCUT2D eigenvalue weighted by Gasteiger charge is -2.18. The number of aliphatic hydroxyl groups is 1. The highest BCUT2D eigenvalue weighted by atomic mass is 32.1. The number of hydrogen-bond acceptors (Lipinski definition) is 4. The first kappa shape index (κ1) is 16.7. The molecule has 0 aliphatic rings. The van der Waals surface area contributed by atoms with Gasteiger partial charge in [-0.05, 0) is 13.3 Å². The van der Waals surface area contributed by atoms with Gasteiger partial charge in [-0.3, -0.25) is 0 Å². The number of hydrogen-bond donors (Lipinski definition) is 2. The number of amides is 2. The molecular weight excluding hydrogens is 295 g/mol. The Morgan fingerprint density at radius 3 is 2.75 bits per heavy atom. The lowest BCUT2D eigenvalue weighted by molar-refractivity contribution is -0.140. The summed E-state index contributed by atoms with van der Waals surface area (Å²) in [7, 11) is 1.54. The Morgan fingerprint density at radius 1 is 1.60 bits per heavy atom. The lowest BCUT2D eigenvalue weighted by Crippen LogP contribution is -2.38. The SMILES string of the molecule is CC(O)CCN(C)C(=O)NCc1nc(C(F)(F)F)cs1. The number of nitrogens with one attached hydrogen (secondary N) is 1. The number of aliphatic hydroxyl groups excluding tert-OH is 1. The van der Waals surface area contributed by atoms with E-state index in [-0.39, 0.29) is 11.6 Å². The van der Waals surface area contributed by atoms with Crippen molar-refractivity contribution in [2.45, 2.75) is 32.2 Å². The molecule has 0 bridgehead atoms. The van der Waals surface area contributed by atoms with Crippen LogP contribution in [0.3, 0.4) is 0 Å². The molecule has 1 heterocycles. The number of alkyl halides is 3. The highest BCUT2D eigenvalue weighted by molar-refractivity contribution is 7.09. The molecule has 1 rings (SSSR count). The number of rotatable bonds is 5. The van der Waals surface area contributed by atoms with Gasteiger partial charge in [0.25, 0.3) is 0 Å². The van der Waals surface area contributed by atoms with E-state index in [4.69, 9.17) is 5.11 Å². The van der Waals surface area contributed by atoms with Crippen LogP contribution in [0.4, 0.5) is 18.0 Å². The number of carbonyl (C=O) groups excluding carboxylic acids is 1. The molecular formula is C11H16F3N3O2S. The second-order valence-electron chi connectivity index (χ2n) is 4.34. The number of thiazole rings is 1. The van der Waals surface area contributed by atoms with Crippen LogP contribution in [0, 0.1) is 0 Å². The van der Waals surface area contributed by atoms with Crippen molar-refractivity contribution in [1.82, 2.24) is 15.2 Å². The summed E-state index contributed by atoms with van der Waals surface area (Å²) in [5.41, 5.74) is -0.950. The average Bonchev–Trinajstić information content (AvgIpc) is 2.81. The molecule has 0 saturated heterocycles. The summed E-state index contributed by atoms with van der Waals surface area (Å²) in [6, 6.07) is -0.422. The van der Waals surface area contributed by atoms with Crippen molar-refractivity contribution in [3.63, 3.8) is 0 Å². The molecule has 0 saturated carbocycles. The molecule has 9 heteroatoms. The van der Waals surface area contributed by atoms with E-state index >= 15 is 0 Å². The van der Waals surface area contributed by atoms with Gasteiger partial charge in [0.2, 0.25) is 0 Å².